The van der Waals surface area contributed by atoms with Gasteiger partial charge in [-0.2, -0.15) is 0 Å². The average molecular weight is 302 g/mol. The molecule has 2 aliphatic carbocycles. The highest BCUT2D eigenvalue weighted by Crippen LogP contribution is 2.43. The molecule has 22 heavy (non-hydrogen) atoms. The Morgan fingerprint density at radius 1 is 1.36 bits per heavy atom. The van der Waals surface area contributed by atoms with Crippen LogP contribution in [0.25, 0.3) is 0 Å². The summed E-state index contributed by atoms with van der Waals surface area (Å²) < 4.78 is 13.2. The summed E-state index contributed by atoms with van der Waals surface area (Å²) in [5.74, 6) is 1.53. The van der Waals surface area contributed by atoms with Crippen LogP contribution in [0.3, 0.4) is 0 Å². The average Bonchev–Trinajstić information content (AvgIpc) is 3.06. The number of carbonyl (C=O) groups excluding carboxylic acids is 1. The van der Waals surface area contributed by atoms with Crippen molar-refractivity contribution in [2.75, 3.05) is 11.9 Å². The summed E-state index contributed by atoms with van der Waals surface area (Å²) in [5.41, 5.74) is 0.503. The van der Waals surface area contributed by atoms with Crippen molar-refractivity contribution in [2.45, 2.75) is 32.7 Å². The van der Waals surface area contributed by atoms with E-state index < -0.39 is 0 Å². The van der Waals surface area contributed by atoms with Crippen molar-refractivity contribution in [1.29, 1.82) is 0 Å². The van der Waals surface area contributed by atoms with Gasteiger partial charge >= 0.3 is 6.03 Å². The molecule has 0 radical (unpaired) electrons. The Bertz CT molecular complexity index is 584. The quantitative estimate of drug-likeness (QED) is 0.827. The monoisotopic (exact) mass is 302 g/mol. The van der Waals surface area contributed by atoms with Crippen molar-refractivity contribution < 1.29 is 9.18 Å². The van der Waals surface area contributed by atoms with E-state index in [-0.39, 0.29) is 17.9 Å². The Balaban J connectivity index is 1.65. The summed E-state index contributed by atoms with van der Waals surface area (Å²) in [7, 11) is 0. The number of amides is 2. The van der Waals surface area contributed by atoms with Crippen LogP contribution in [-0.4, -0.2) is 23.5 Å². The molecule has 1 saturated carbocycles. The van der Waals surface area contributed by atoms with E-state index in [0.29, 0.717) is 23.4 Å². The molecule has 0 heterocycles. The maximum absolute atomic E-state index is 13.2. The molecule has 2 bridgehead atoms. The van der Waals surface area contributed by atoms with Gasteiger partial charge in [0.2, 0.25) is 0 Å². The van der Waals surface area contributed by atoms with Gasteiger partial charge in [0.25, 0.3) is 0 Å². The van der Waals surface area contributed by atoms with Crippen molar-refractivity contribution in [3.63, 3.8) is 0 Å². The van der Waals surface area contributed by atoms with Gasteiger partial charge in [-0.05, 0) is 62.6 Å². The summed E-state index contributed by atoms with van der Waals surface area (Å²) >= 11 is 0. The normalized spacial score (nSPS) is 25.7. The molecule has 118 valence electrons. The molecule has 1 N–H and O–H groups in total. The first-order valence-electron chi connectivity index (χ1n) is 8.04. The van der Waals surface area contributed by atoms with Crippen molar-refractivity contribution in [2.24, 2.45) is 17.8 Å². The van der Waals surface area contributed by atoms with Crippen LogP contribution in [0.5, 0.6) is 0 Å². The first-order valence-corrected chi connectivity index (χ1v) is 8.04. The molecule has 1 aromatic rings. The fourth-order valence-corrected chi connectivity index (χ4v) is 3.65. The van der Waals surface area contributed by atoms with Gasteiger partial charge in [0.1, 0.15) is 5.82 Å². The topological polar surface area (TPSA) is 32.3 Å². The SMILES string of the molecule is CC(C)N(CC1CC2C=CC1C2)C(=O)Nc1cccc(F)c1. The highest BCUT2D eigenvalue weighted by Gasteiger charge is 2.37. The van der Waals surface area contributed by atoms with Crippen molar-refractivity contribution in [3.8, 4) is 0 Å². The standard InChI is InChI=1S/C18H23FN2O/c1-12(2)21(11-15-9-13-6-7-14(15)8-13)18(22)20-17-5-3-4-16(19)10-17/h3-7,10,12-15H,8-9,11H2,1-2H3,(H,20,22). The zero-order chi connectivity index (χ0) is 15.7. The number of hydrogen-bond acceptors (Lipinski definition) is 1. The van der Waals surface area contributed by atoms with Crippen LogP contribution in [0.1, 0.15) is 26.7 Å². The minimum Gasteiger partial charge on any atom is -0.322 e. The van der Waals surface area contributed by atoms with E-state index >= 15 is 0 Å². The third-order valence-corrected chi connectivity index (χ3v) is 4.81. The van der Waals surface area contributed by atoms with Crippen LogP contribution in [0, 0.1) is 23.6 Å². The second-order valence-corrected chi connectivity index (χ2v) is 6.73. The number of anilines is 1. The number of benzene rings is 1. The van der Waals surface area contributed by atoms with Gasteiger partial charge in [-0.1, -0.05) is 18.2 Å². The molecule has 3 atom stereocenters. The molecular formula is C18H23FN2O. The summed E-state index contributed by atoms with van der Waals surface area (Å²) in [6, 6.07) is 6.00. The second-order valence-electron chi connectivity index (χ2n) is 6.73. The molecule has 0 aromatic heterocycles. The molecule has 3 unspecified atom stereocenters. The number of allylic oxidation sites excluding steroid dienone is 2. The molecule has 1 fully saturated rings. The summed E-state index contributed by atoms with van der Waals surface area (Å²) in [4.78, 5) is 14.4. The van der Waals surface area contributed by atoms with Crippen LogP contribution in [0.2, 0.25) is 0 Å². The lowest BCUT2D eigenvalue weighted by atomic mass is 9.93. The largest absolute Gasteiger partial charge is 0.322 e. The second kappa shape index (κ2) is 6.11. The molecule has 0 spiro atoms. The fraction of sp³-hybridized carbons (Fsp3) is 0.500. The molecule has 2 amide bonds. The lowest BCUT2D eigenvalue weighted by Crippen LogP contribution is -2.43. The number of nitrogens with one attached hydrogen (secondary N) is 1. The molecule has 0 aliphatic heterocycles. The lowest BCUT2D eigenvalue weighted by Gasteiger charge is -2.31. The number of rotatable bonds is 4. The maximum Gasteiger partial charge on any atom is 0.322 e. The van der Waals surface area contributed by atoms with E-state index in [0.717, 1.165) is 6.54 Å². The van der Waals surface area contributed by atoms with Gasteiger partial charge in [0.15, 0.2) is 0 Å². The Kier molecular flexibility index (Phi) is 4.19. The van der Waals surface area contributed by atoms with Gasteiger partial charge < -0.3 is 10.2 Å². The van der Waals surface area contributed by atoms with Gasteiger partial charge in [-0.15, -0.1) is 0 Å². The third kappa shape index (κ3) is 3.16. The number of fused-ring (bicyclic) bond motifs is 2. The van der Waals surface area contributed by atoms with Crippen LogP contribution in [-0.2, 0) is 0 Å². The molecule has 1 aromatic carbocycles. The molecule has 2 aliphatic rings. The highest BCUT2D eigenvalue weighted by molar-refractivity contribution is 5.89. The van der Waals surface area contributed by atoms with Crippen molar-refractivity contribution in [1.82, 2.24) is 4.90 Å². The Morgan fingerprint density at radius 2 is 2.18 bits per heavy atom. The predicted molar refractivity (Wildman–Crippen MR) is 86.1 cm³/mol. The maximum atomic E-state index is 13.2. The summed E-state index contributed by atoms with van der Waals surface area (Å²) in [6.07, 6.45) is 7.04. The number of nitrogens with zero attached hydrogens (tertiary/aromatic N) is 1. The summed E-state index contributed by atoms with van der Waals surface area (Å²) in [5, 5.41) is 2.81. The van der Waals surface area contributed by atoms with Crippen LogP contribution in [0.4, 0.5) is 14.9 Å². The number of urea groups is 1. The Hall–Kier alpha value is -1.84. The van der Waals surface area contributed by atoms with Crippen LogP contribution in [0.15, 0.2) is 36.4 Å². The first-order chi connectivity index (χ1) is 10.5. The molecule has 3 nitrogen and oxygen atoms in total. The third-order valence-electron chi connectivity index (χ3n) is 4.81. The zero-order valence-corrected chi connectivity index (χ0v) is 13.1. The van der Waals surface area contributed by atoms with E-state index in [4.69, 9.17) is 0 Å². The van der Waals surface area contributed by atoms with E-state index in [1.807, 2.05) is 18.7 Å². The van der Waals surface area contributed by atoms with E-state index in [2.05, 4.69) is 17.5 Å². The Labute approximate surface area is 131 Å². The van der Waals surface area contributed by atoms with Crippen LogP contribution >= 0.6 is 0 Å². The lowest BCUT2D eigenvalue weighted by molar-refractivity contribution is 0.178. The summed E-state index contributed by atoms with van der Waals surface area (Å²) in [6.45, 7) is 4.81. The Morgan fingerprint density at radius 3 is 2.77 bits per heavy atom. The smallest absolute Gasteiger partial charge is 0.322 e. The predicted octanol–water partition coefficient (Wildman–Crippen LogP) is 4.28. The molecule has 4 heteroatoms. The van der Waals surface area contributed by atoms with E-state index in [1.165, 1.54) is 25.0 Å². The van der Waals surface area contributed by atoms with E-state index in [1.54, 1.807) is 12.1 Å². The van der Waals surface area contributed by atoms with Crippen molar-refractivity contribution in [3.05, 3.63) is 42.2 Å². The van der Waals surface area contributed by atoms with Gasteiger partial charge in [-0.25, -0.2) is 9.18 Å². The highest BCUT2D eigenvalue weighted by atomic mass is 19.1. The molecule has 3 rings (SSSR count). The van der Waals surface area contributed by atoms with Gasteiger partial charge in [-0.3, -0.25) is 0 Å². The number of carbonyl (C=O) groups is 1. The zero-order valence-electron chi connectivity index (χ0n) is 13.1. The number of hydrogen-bond donors (Lipinski definition) is 1. The molecular weight excluding hydrogens is 279 g/mol. The minimum absolute atomic E-state index is 0.122. The minimum atomic E-state index is -0.341. The molecule has 0 saturated heterocycles. The number of halogens is 1. The van der Waals surface area contributed by atoms with E-state index in [9.17, 15) is 9.18 Å². The fourth-order valence-electron chi connectivity index (χ4n) is 3.65. The van der Waals surface area contributed by atoms with Gasteiger partial charge in [0, 0.05) is 18.3 Å². The first kappa shape index (κ1) is 15.1. The van der Waals surface area contributed by atoms with Crippen LogP contribution < -0.4 is 5.32 Å². The van der Waals surface area contributed by atoms with Crippen molar-refractivity contribution >= 4 is 11.7 Å². The van der Waals surface area contributed by atoms with Gasteiger partial charge in [0.05, 0.1) is 0 Å².